The average Bonchev–Trinajstić information content (AvgIpc) is 2.34. The Balaban J connectivity index is 2.91. The summed E-state index contributed by atoms with van der Waals surface area (Å²) in [4.78, 5) is 0. The molecule has 0 saturated carbocycles. The van der Waals surface area contributed by atoms with E-state index in [9.17, 15) is 0 Å². The van der Waals surface area contributed by atoms with Gasteiger partial charge in [0.2, 0.25) is 0 Å². The average molecular weight is 136 g/mol. The monoisotopic (exact) mass is 136 g/mol. The van der Waals surface area contributed by atoms with Crippen LogP contribution in [0.1, 0.15) is 24.3 Å². The lowest BCUT2D eigenvalue weighted by Gasteiger charge is -1.95. The second-order valence-corrected chi connectivity index (χ2v) is 2.14. The van der Waals surface area contributed by atoms with Crippen LogP contribution in [0.25, 0.3) is 0 Å². The van der Waals surface area contributed by atoms with Crippen LogP contribution >= 0.6 is 0 Å². The molecule has 0 aliphatic heterocycles. The maximum atomic E-state index is 8.38. The molecule has 10 heavy (non-hydrogen) atoms. The van der Waals surface area contributed by atoms with Gasteiger partial charge in [-0.05, 0) is 13.0 Å². The summed E-state index contributed by atoms with van der Waals surface area (Å²) in [5, 5.41) is 8.38. The summed E-state index contributed by atoms with van der Waals surface area (Å²) in [6, 6.07) is 3.46. The number of rotatable bonds is 1. The molecule has 0 spiro atoms. The van der Waals surface area contributed by atoms with Crippen LogP contribution in [0.3, 0.4) is 0 Å². The molecule has 0 fully saturated rings. The Bertz CT molecular complexity index is 257. The van der Waals surface area contributed by atoms with Crippen molar-refractivity contribution in [2.24, 2.45) is 5.73 Å². The van der Waals surface area contributed by atoms with E-state index in [2.05, 4.69) is 0 Å². The lowest BCUT2D eigenvalue weighted by atomic mass is 10.2. The first-order valence-corrected chi connectivity index (χ1v) is 2.98. The van der Waals surface area contributed by atoms with Crippen LogP contribution in [-0.4, -0.2) is 0 Å². The van der Waals surface area contributed by atoms with Gasteiger partial charge in [0.05, 0.1) is 11.6 Å². The Hall–Kier alpha value is -1.27. The minimum Gasteiger partial charge on any atom is -0.466 e. The Kier molecular flexibility index (Phi) is 1.74. The van der Waals surface area contributed by atoms with E-state index in [0.717, 1.165) is 0 Å². The van der Waals surface area contributed by atoms with Crippen LogP contribution in [0.5, 0.6) is 0 Å². The molecule has 0 aliphatic rings. The van der Waals surface area contributed by atoms with Gasteiger partial charge in [0.15, 0.2) is 0 Å². The maximum Gasteiger partial charge on any atom is 0.121 e. The third-order valence-electron chi connectivity index (χ3n) is 1.20. The molecule has 52 valence electrons. The summed E-state index contributed by atoms with van der Waals surface area (Å²) < 4.78 is 4.97. The topological polar surface area (TPSA) is 63.0 Å². The number of nitriles is 1. The zero-order valence-electron chi connectivity index (χ0n) is 5.66. The van der Waals surface area contributed by atoms with Crippen LogP contribution in [-0.2, 0) is 0 Å². The molecule has 1 aromatic rings. The van der Waals surface area contributed by atoms with Crippen molar-refractivity contribution in [2.45, 2.75) is 13.0 Å². The van der Waals surface area contributed by atoms with Crippen LogP contribution in [0.2, 0.25) is 0 Å². The van der Waals surface area contributed by atoms with Crippen molar-refractivity contribution < 1.29 is 4.42 Å². The SMILES string of the molecule is CC(N)c1cc(C#N)co1. The molecule has 0 saturated heterocycles. The normalized spacial score (nSPS) is 12.5. The highest BCUT2D eigenvalue weighted by molar-refractivity contribution is 5.27. The van der Waals surface area contributed by atoms with Gasteiger partial charge in [-0.25, -0.2) is 0 Å². The van der Waals surface area contributed by atoms with E-state index in [1.54, 1.807) is 13.0 Å². The van der Waals surface area contributed by atoms with Gasteiger partial charge in [-0.1, -0.05) is 0 Å². The van der Waals surface area contributed by atoms with Crippen molar-refractivity contribution in [3.05, 3.63) is 23.7 Å². The van der Waals surface area contributed by atoms with Gasteiger partial charge in [-0.15, -0.1) is 0 Å². The van der Waals surface area contributed by atoms with Crippen LogP contribution in [0.15, 0.2) is 16.7 Å². The van der Waals surface area contributed by atoms with Gasteiger partial charge in [-0.2, -0.15) is 5.26 Å². The highest BCUT2D eigenvalue weighted by atomic mass is 16.3. The number of nitrogens with two attached hydrogens (primary N) is 1. The first kappa shape index (κ1) is 6.84. The van der Waals surface area contributed by atoms with E-state index in [-0.39, 0.29) is 6.04 Å². The Morgan fingerprint density at radius 3 is 2.80 bits per heavy atom. The molecule has 0 amide bonds. The minimum atomic E-state index is -0.137. The Morgan fingerprint density at radius 1 is 1.80 bits per heavy atom. The van der Waals surface area contributed by atoms with Gasteiger partial charge in [0, 0.05) is 0 Å². The van der Waals surface area contributed by atoms with E-state index in [1.165, 1.54) is 6.26 Å². The quantitative estimate of drug-likeness (QED) is 0.630. The van der Waals surface area contributed by atoms with E-state index in [1.807, 2.05) is 6.07 Å². The zero-order chi connectivity index (χ0) is 7.56. The van der Waals surface area contributed by atoms with Crippen molar-refractivity contribution in [1.29, 1.82) is 5.26 Å². The second kappa shape index (κ2) is 2.54. The third kappa shape index (κ3) is 1.17. The number of nitrogens with zero attached hydrogens (tertiary/aromatic N) is 1. The molecule has 3 heteroatoms. The fraction of sp³-hybridized carbons (Fsp3) is 0.286. The summed E-state index contributed by atoms with van der Waals surface area (Å²) in [5.41, 5.74) is 6.00. The summed E-state index contributed by atoms with van der Waals surface area (Å²) in [7, 11) is 0. The summed E-state index contributed by atoms with van der Waals surface area (Å²) in [6.07, 6.45) is 1.40. The van der Waals surface area contributed by atoms with Gasteiger partial charge < -0.3 is 10.2 Å². The van der Waals surface area contributed by atoms with Gasteiger partial charge >= 0.3 is 0 Å². The summed E-state index contributed by atoms with van der Waals surface area (Å²) in [6.45, 7) is 1.81. The predicted octanol–water partition coefficient (Wildman–Crippen LogP) is 1.17. The zero-order valence-corrected chi connectivity index (χ0v) is 5.66. The summed E-state index contributed by atoms with van der Waals surface area (Å²) >= 11 is 0. The Labute approximate surface area is 59.1 Å². The van der Waals surface area contributed by atoms with Crippen LogP contribution in [0, 0.1) is 11.3 Å². The summed E-state index contributed by atoms with van der Waals surface area (Å²) in [5.74, 6) is 0.650. The molecule has 1 aromatic heterocycles. The molecule has 1 rings (SSSR count). The minimum absolute atomic E-state index is 0.137. The second-order valence-electron chi connectivity index (χ2n) is 2.14. The molecule has 0 aliphatic carbocycles. The smallest absolute Gasteiger partial charge is 0.121 e. The first-order valence-electron chi connectivity index (χ1n) is 2.98. The molecule has 2 N–H and O–H groups in total. The lowest BCUT2D eigenvalue weighted by Crippen LogP contribution is -2.02. The molecular formula is C7H8N2O. The Morgan fingerprint density at radius 2 is 2.50 bits per heavy atom. The third-order valence-corrected chi connectivity index (χ3v) is 1.20. The fourth-order valence-electron chi connectivity index (χ4n) is 0.650. The van der Waals surface area contributed by atoms with Crippen molar-refractivity contribution in [3.8, 4) is 6.07 Å². The molecular weight excluding hydrogens is 128 g/mol. The number of furan rings is 1. The number of hydrogen-bond donors (Lipinski definition) is 1. The predicted molar refractivity (Wildman–Crippen MR) is 36.0 cm³/mol. The van der Waals surface area contributed by atoms with Crippen molar-refractivity contribution in [3.63, 3.8) is 0 Å². The molecule has 1 atom stereocenters. The van der Waals surface area contributed by atoms with E-state index < -0.39 is 0 Å². The van der Waals surface area contributed by atoms with E-state index in [4.69, 9.17) is 15.4 Å². The number of hydrogen-bond acceptors (Lipinski definition) is 3. The van der Waals surface area contributed by atoms with Crippen molar-refractivity contribution in [1.82, 2.24) is 0 Å². The first-order chi connectivity index (χ1) is 4.74. The van der Waals surface area contributed by atoms with E-state index >= 15 is 0 Å². The molecule has 1 unspecified atom stereocenters. The molecule has 1 heterocycles. The standard InChI is InChI=1S/C7H8N2O/c1-5(9)7-2-6(3-8)4-10-7/h2,4-5H,9H2,1H3. The van der Waals surface area contributed by atoms with Gasteiger partial charge in [0.25, 0.3) is 0 Å². The highest BCUT2D eigenvalue weighted by Gasteiger charge is 2.03. The molecule has 0 aromatic carbocycles. The lowest BCUT2D eigenvalue weighted by molar-refractivity contribution is 0.479. The maximum absolute atomic E-state index is 8.38. The van der Waals surface area contributed by atoms with Crippen molar-refractivity contribution >= 4 is 0 Å². The molecule has 0 bridgehead atoms. The van der Waals surface area contributed by atoms with Crippen molar-refractivity contribution in [2.75, 3.05) is 0 Å². The van der Waals surface area contributed by atoms with Gasteiger partial charge in [0.1, 0.15) is 18.1 Å². The largest absolute Gasteiger partial charge is 0.466 e. The van der Waals surface area contributed by atoms with Crippen LogP contribution < -0.4 is 5.73 Å². The van der Waals surface area contributed by atoms with E-state index in [0.29, 0.717) is 11.3 Å². The van der Waals surface area contributed by atoms with Gasteiger partial charge in [-0.3, -0.25) is 0 Å². The van der Waals surface area contributed by atoms with Crippen LogP contribution in [0.4, 0.5) is 0 Å². The highest BCUT2D eigenvalue weighted by Crippen LogP contribution is 2.12. The molecule has 3 nitrogen and oxygen atoms in total. The fourth-order valence-corrected chi connectivity index (χ4v) is 0.650. The molecule has 0 radical (unpaired) electrons.